The third kappa shape index (κ3) is 5.24. The Labute approximate surface area is 264 Å². The SMILES string of the molecule is Cc1ccc(N(c2ccc(C=Cc3ccc4c(c3)c(C#N)c(C#N)c3cc(C)ccc34)cc2)c2cccc3c2CCCC3)cc1. The first kappa shape index (κ1) is 28.1. The Balaban J connectivity index is 1.25. The smallest absolute Gasteiger partial charge is 0.101 e. The second-order valence-electron chi connectivity index (χ2n) is 12.0. The number of aryl methyl sites for hydroxylation is 3. The molecule has 0 saturated carbocycles. The van der Waals surface area contributed by atoms with E-state index in [0.29, 0.717) is 11.1 Å². The van der Waals surface area contributed by atoms with Crippen molar-refractivity contribution in [3.8, 4) is 12.1 Å². The lowest BCUT2D eigenvalue weighted by atomic mass is 9.90. The first-order chi connectivity index (χ1) is 22.0. The molecule has 0 bridgehead atoms. The zero-order valence-corrected chi connectivity index (χ0v) is 25.6. The summed E-state index contributed by atoms with van der Waals surface area (Å²) in [5.41, 5.74) is 11.7. The Morgan fingerprint density at radius 2 is 1.16 bits per heavy atom. The van der Waals surface area contributed by atoms with E-state index in [1.54, 1.807) is 0 Å². The molecule has 0 spiro atoms. The molecular weight excluding hydrogens is 546 g/mol. The normalized spacial score (nSPS) is 12.6. The van der Waals surface area contributed by atoms with Gasteiger partial charge in [0.1, 0.15) is 12.1 Å². The summed E-state index contributed by atoms with van der Waals surface area (Å²) in [6.07, 6.45) is 8.92. The van der Waals surface area contributed by atoms with Gasteiger partial charge in [-0.1, -0.05) is 90.0 Å². The Bertz CT molecular complexity index is 2190. The Kier molecular flexibility index (Phi) is 7.38. The van der Waals surface area contributed by atoms with E-state index >= 15 is 0 Å². The van der Waals surface area contributed by atoms with Crippen LogP contribution >= 0.6 is 0 Å². The van der Waals surface area contributed by atoms with Crippen LogP contribution in [-0.2, 0) is 12.8 Å². The van der Waals surface area contributed by atoms with Crippen LogP contribution in [0.25, 0.3) is 33.7 Å². The van der Waals surface area contributed by atoms with E-state index in [1.165, 1.54) is 35.2 Å². The molecule has 0 saturated heterocycles. The summed E-state index contributed by atoms with van der Waals surface area (Å²) in [6.45, 7) is 4.13. The minimum atomic E-state index is 0.435. The van der Waals surface area contributed by atoms with Gasteiger partial charge in [0.2, 0.25) is 0 Å². The number of nitriles is 2. The van der Waals surface area contributed by atoms with Gasteiger partial charge in [0.05, 0.1) is 11.1 Å². The van der Waals surface area contributed by atoms with E-state index < -0.39 is 0 Å². The summed E-state index contributed by atoms with van der Waals surface area (Å²) >= 11 is 0. The average Bonchev–Trinajstić information content (AvgIpc) is 3.08. The molecule has 6 aromatic carbocycles. The van der Waals surface area contributed by atoms with Gasteiger partial charge in [0, 0.05) is 27.8 Å². The van der Waals surface area contributed by atoms with Gasteiger partial charge >= 0.3 is 0 Å². The van der Waals surface area contributed by atoms with E-state index in [9.17, 15) is 10.5 Å². The Morgan fingerprint density at radius 1 is 0.578 bits per heavy atom. The molecule has 0 radical (unpaired) electrons. The fourth-order valence-corrected chi connectivity index (χ4v) is 6.73. The maximum absolute atomic E-state index is 10.1. The number of hydrogen-bond acceptors (Lipinski definition) is 3. The van der Waals surface area contributed by atoms with Crippen LogP contribution in [0.1, 0.15) is 57.3 Å². The van der Waals surface area contributed by atoms with Crippen molar-refractivity contribution in [2.45, 2.75) is 39.5 Å². The minimum Gasteiger partial charge on any atom is -0.310 e. The summed E-state index contributed by atoms with van der Waals surface area (Å²) in [7, 11) is 0. The van der Waals surface area contributed by atoms with Crippen molar-refractivity contribution in [1.82, 2.24) is 0 Å². The zero-order chi connectivity index (χ0) is 30.9. The minimum absolute atomic E-state index is 0.435. The monoisotopic (exact) mass is 579 g/mol. The van der Waals surface area contributed by atoms with E-state index in [1.807, 2.05) is 19.1 Å². The van der Waals surface area contributed by atoms with Crippen LogP contribution in [-0.4, -0.2) is 0 Å². The second-order valence-corrected chi connectivity index (χ2v) is 12.0. The molecule has 0 amide bonds. The molecule has 0 heterocycles. The van der Waals surface area contributed by atoms with Crippen LogP contribution in [0.15, 0.2) is 103 Å². The van der Waals surface area contributed by atoms with Gasteiger partial charge in [-0.15, -0.1) is 0 Å². The molecule has 0 unspecified atom stereocenters. The van der Waals surface area contributed by atoms with Gasteiger partial charge in [0.25, 0.3) is 0 Å². The van der Waals surface area contributed by atoms with Crippen molar-refractivity contribution < 1.29 is 0 Å². The molecule has 6 aromatic rings. The number of benzene rings is 6. The molecule has 3 nitrogen and oxygen atoms in total. The van der Waals surface area contributed by atoms with E-state index in [2.05, 4.69) is 127 Å². The molecule has 1 aliphatic carbocycles. The lowest BCUT2D eigenvalue weighted by molar-refractivity contribution is 0.686. The van der Waals surface area contributed by atoms with Crippen molar-refractivity contribution in [1.29, 1.82) is 10.5 Å². The summed E-state index contributed by atoms with van der Waals surface area (Å²) in [4.78, 5) is 2.39. The Morgan fingerprint density at radius 3 is 1.87 bits per heavy atom. The number of rotatable bonds is 5. The van der Waals surface area contributed by atoms with Gasteiger partial charge < -0.3 is 4.90 Å². The van der Waals surface area contributed by atoms with Crippen LogP contribution < -0.4 is 4.90 Å². The molecule has 0 atom stereocenters. The lowest BCUT2D eigenvalue weighted by Crippen LogP contribution is -2.15. The highest BCUT2D eigenvalue weighted by Gasteiger charge is 2.20. The van der Waals surface area contributed by atoms with Crippen LogP contribution in [0.2, 0.25) is 0 Å². The van der Waals surface area contributed by atoms with Gasteiger partial charge in [-0.25, -0.2) is 0 Å². The summed E-state index contributed by atoms with van der Waals surface area (Å²) < 4.78 is 0. The zero-order valence-electron chi connectivity index (χ0n) is 25.6. The number of hydrogen-bond donors (Lipinski definition) is 0. The molecule has 1 aliphatic rings. The predicted molar refractivity (Wildman–Crippen MR) is 187 cm³/mol. The van der Waals surface area contributed by atoms with E-state index in [0.717, 1.165) is 62.5 Å². The quantitative estimate of drug-likeness (QED) is 0.151. The summed E-state index contributed by atoms with van der Waals surface area (Å²) in [5, 5.41) is 23.7. The fourth-order valence-electron chi connectivity index (χ4n) is 6.73. The second kappa shape index (κ2) is 11.8. The van der Waals surface area contributed by atoms with Gasteiger partial charge in [-0.3, -0.25) is 0 Å². The largest absolute Gasteiger partial charge is 0.310 e. The van der Waals surface area contributed by atoms with Crippen molar-refractivity contribution >= 4 is 50.8 Å². The Hall–Kier alpha value is -5.64. The van der Waals surface area contributed by atoms with Crippen molar-refractivity contribution in [3.05, 3.63) is 148 Å². The standard InChI is InChI=1S/C42H33N3/c1-28-10-18-33(19-11-28)45(42-9-5-7-32-6-3-4-8-35(32)42)34-20-15-30(16-21-34)13-14-31-17-23-37-36-22-12-29(2)24-38(36)40(26-43)41(27-44)39(37)25-31/h5,7,9-25H,3-4,6,8H2,1-2H3. The molecular formula is C42H33N3. The van der Waals surface area contributed by atoms with Crippen molar-refractivity contribution in [2.75, 3.05) is 4.90 Å². The lowest BCUT2D eigenvalue weighted by Gasteiger charge is -2.30. The molecule has 0 aromatic heterocycles. The third-order valence-corrected chi connectivity index (χ3v) is 9.04. The molecule has 0 N–H and O–H groups in total. The number of anilines is 3. The van der Waals surface area contributed by atoms with E-state index in [4.69, 9.17) is 0 Å². The van der Waals surface area contributed by atoms with Crippen LogP contribution in [0, 0.1) is 36.5 Å². The molecule has 216 valence electrons. The summed E-state index contributed by atoms with van der Waals surface area (Å²) in [5.74, 6) is 0. The molecule has 3 heteroatoms. The maximum Gasteiger partial charge on any atom is 0.101 e. The topological polar surface area (TPSA) is 50.8 Å². The average molecular weight is 580 g/mol. The molecule has 0 aliphatic heterocycles. The van der Waals surface area contributed by atoms with Gasteiger partial charge in [-0.2, -0.15) is 10.5 Å². The summed E-state index contributed by atoms with van der Waals surface area (Å²) in [6, 6.07) is 41.1. The fraction of sp³-hybridized carbons (Fsp3) is 0.143. The highest BCUT2D eigenvalue weighted by atomic mass is 15.1. The van der Waals surface area contributed by atoms with Crippen LogP contribution in [0.3, 0.4) is 0 Å². The highest BCUT2D eigenvalue weighted by molar-refractivity contribution is 6.13. The number of nitrogens with zero attached hydrogens (tertiary/aromatic N) is 3. The number of fused-ring (bicyclic) bond motifs is 4. The van der Waals surface area contributed by atoms with Crippen LogP contribution in [0.4, 0.5) is 17.1 Å². The molecule has 7 rings (SSSR count). The van der Waals surface area contributed by atoms with E-state index in [-0.39, 0.29) is 0 Å². The van der Waals surface area contributed by atoms with Crippen molar-refractivity contribution in [3.63, 3.8) is 0 Å². The first-order valence-corrected chi connectivity index (χ1v) is 15.6. The third-order valence-electron chi connectivity index (χ3n) is 9.04. The van der Waals surface area contributed by atoms with Crippen molar-refractivity contribution in [2.24, 2.45) is 0 Å². The first-order valence-electron chi connectivity index (χ1n) is 15.6. The van der Waals surface area contributed by atoms with Gasteiger partial charge in [-0.05, 0) is 109 Å². The van der Waals surface area contributed by atoms with Crippen LogP contribution in [0.5, 0.6) is 0 Å². The molecule has 0 fully saturated rings. The predicted octanol–water partition coefficient (Wildman–Crippen LogP) is 10.9. The van der Waals surface area contributed by atoms with Gasteiger partial charge in [0.15, 0.2) is 0 Å². The molecule has 45 heavy (non-hydrogen) atoms. The maximum atomic E-state index is 10.1. The highest BCUT2D eigenvalue weighted by Crippen LogP contribution is 2.40.